The SMILES string of the molecule is CN(CCN)CC(=O)NC1CCC(=O)N(CC(=O)c2ccccc2)C1=O. The van der Waals surface area contributed by atoms with Crippen LogP contribution in [0.2, 0.25) is 0 Å². The van der Waals surface area contributed by atoms with Gasteiger partial charge in [0.1, 0.15) is 6.04 Å². The van der Waals surface area contributed by atoms with Crippen LogP contribution in [0.4, 0.5) is 0 Å². The number of benzene rings is 1. The van der Waals surface area contributed by atoms with E-state index in [0.717, 1.165) is 4.90 Å². The number of ketones is 1. The number of nitrogens with zero attached hydrogens (tertiary/aromatic N) is 2. The summed E-state index contributed by atoms with van der Waals surface area (Å²) in [5.41, 5.74) is 5.87. The second-order valence-corrected chi connectivity index (χ2v) is 6.29. The van der Waals surface area contributed by atoms with Gasteiger partial charge in [-0.1, -0.05) is 30.3 Å². The number of amides is 3. The number of nitrogens with two attached hydrogens (primary N) is 1. The molecular formula is C18H24N4O4. The van der Waals surface area contributed by atoms with Crippen molar-refractivity contribution in [2.24, 2.45) is 5.73 Å². The van der Waals surface area contributed by atoms with Crippen LogP contribution in [0.5, 0.6) is 0 Å². The molecule has 1 aromatic rings. The maximum Gasteiger partial charge on any atom is 0.252 e. The molecule has 0 saturated carbocycles. The molecule has 2 rings (SSSR count). The molecule has 1 aliphatic heterocycles. The van der Waals surface area contributed by atoms with Crippen LogP contribution in [-0.2, 0) is 14.4 Å². The van der Waals surface area contributed by atoms with Crippen LogP contribution in [0.3, 0.4) is 0 Å². The van der Waals surface area contributed by atoms with Crippen LogP contribution in [0.15, 0.2) is 30.3 Å². The molecule has 0 bridgehead atoms. The molecule has 0 radical (unpaired) electrons. The van der Waals surface area contributed by atoms with Crippen LogP contribution >= 0.6 is 0 Å². The molecule has 1 atom stereocenters. The summed E-state index contributed by atoms with van der Waals surface area (Å²) in [7, 11) is 1.75. The van der Waals surface area contributed by atoms with Gasteiger partial charge >= 0.3 is 0 Å². The third-order valence-corrected chi connectivity index (χ3v) is 4.17. The van der Waals surface area contributed by atoms with E-state index in [-0.39, 0.29) is 37.6 Å². The molecule has 1 aliphatic rings. The van der Waals surface area contributed by atoms with Crippen LogP contribution in [-0.4, -0.2) is 72.6 Å². The lowest BCUT2D eigenvalue weighted by Gasteiger charge is -2.31. The van der Waals surface area contributed by atoms with E-state index in [4.69, 9.17) is 5.73 Å². The third-order valence-electron chi connectivity index (χ3n) is 4.17. The first-order valence-electron chi connectivity index (χ1n) is 8.52. The minimum atomic E-state index is -0.796. The fourth-order valence-electron chi connectivity index (χ4n) is 2.78. The molecule has 8 heteroatoms. The van der Waals surface area contributed by atoms with E-state index < -0.39 is 17.9 Å². The first kappa shape index (κ1) is 19.7. The molecule has 0 aromatic heterocycles. The molecule has 1 fully saturated rings. The summed E-state index contributed by atoms with van der Waals surface area (Å²) < 4.78 is 0. The van der Waals surface area contributed by atoms with E-state index >= 15 is 0 Å². The van der Waals surface area contributed by atoms with Gasteiger partial charge < -0.3 is 11.1 Å². The maximum absolute atomic E-state index is 12.6. The molecule has 1 heterocycles. The van der Waals surface area contributed by atoms with Crippen molar-refractivity contribution in [3.05, 3.63) is 35.9 Å². The normalized spacial score (nSPS) is 17.5. The quantitative estimate of drug-likeness (QED) is 0.473. The fraction of sp³-hybridized carbons (Fsp3) is 0.444. The van der Waals surface area contributed by atoms with Crippen LogP contribution in [0.1, 0.15) is 23.2 Å². The van der Waals surface area contributed by atoms with Gasteiger partial charge in [-0.05, 0) is 13.5 Å². The molecule has 1 saturated heterocycles. The van der Waals surface area contributed by atoms with Crippen molar-refractivity contribution in [1.29, 1.82) is 0 Å². The predicted octanol–water partition coefficient (Wildman–Crippen LogP) is -0.606. The molecule has 26 heavy (non-hydrogen) atoms. The largest absolute Gasteiger partial charge is 0.343 e. The van der Waals surface area contributed by atoms with Gasteiger partial charge in [0.25, 0.3) is 5.91 Å². The van der Waals surface area contributed by atoms with Crippen molar-refractivity contribution in [1.82, 2.24) is 15.1 Å². The van der Waals surface area contributed by atoms with Gasteiger partial charge in [-0.2, -0.15) is 0 Å². The van der Waals surface area contributed by atoms with Crippen molar-refractivity contribution in [2.75, 3.05) is 33.2 Å². The summed E-state index contributed by atoms with van der Waals surface area (Å²) in [6, 6.07) is 7.68. The monoisotopic (exact) mass is 360 g/mol. The van der Waals surface area contributed by atoms with Gasteiger partial charge in [0.05, 0.1) is 13.1 Å². The zero-order chi connectivity index (χ0) is 19.1. The van der Waals surface area contributed by atoms with Crippen molar-refractivity contribution in [3.63, 3.8) is 0 Å². The lowest BCUT2D eigenvalue weighted by Crippen LogP contribution is -2.56. The van der Waals surface area contributed by atoms with Crippen molar-refractivity contribution >= 4 is 23.5 Å². The number of Topliss-reactive ketones (excluding diaryl/α,β-unsaturated/α-hetero) is 1. The Balaban J connectivity index is 1.98. The van der Waals surface area contributed by atoms with E-state index in [0.29, 0.717) is 18.7 Å². The van der Waals surface area contributed by atoms with Gasteiger partial charge in [0.2, 0.25) is 11.8 Å². The summed E-state index contributed by atoms with van der Waals surface area (Å²) in [5.74, 6) is -1.57. The number of rotatable bonds is 8. The second kappa shape index (κ2) is 9.21. The average Bonchev–Trinajstić information content (AvgIpc) is 2.61. The Hall–Kier alpha value is -2.58. The summed E-state index contributed by atoms with van der Waals surface area (Å²) >= 11 is 0. The zero-order valence-electron chi connectivity index (χ0n) is 14.8. The highest BCUT2D eigenvalue weighted by molar-refractivity contribution is 6.07. The van der Waals surface area contributed by atoms with Gasteiger partial charge in [0, 0.05) is 25.1 Å². The number of carbonyl (C=O) groups is 4. The minimum Gasteiger partial charge on any atom is -0.343 e. The standard InChI is InChI=1S/C18H24N4O4/c1-21(10-9-19)12-16(24)20-14-7-8-17(25)22(18(14)26)11-15(23)13-5-3-2-4-6-13/h2-6,14H,7-12,19H2,1H3,(H,20,24). The van der Waals surface area contributed by atoms with Gasteiger partial charge in [-0.25, -0.2) is 0 Å². The van der Waals surface area contributed by atoms with E-state index in [1.807, 2.05) is 0 Å². The lowest BCUT2D eigenvalue weighted by atomic mass is 10.0. The van der Waals surface area contributed by atoms with Crippen molar-refractivity contribution < 1.29 is 19.2 Å². The molecule has 0 spiro atoms. The predicted molar refractivity (Wildman–Crippen MR) is 95.2 cm³/mol. The highest BCUT2D eigenvalue weighted by Crippen LogP contribution is 2.14. The number of likely N-dealkylation sites (tertiary alicyclic amines) is 1. The van der Waals surface area contributed by atoms with E-state index in [1.54, 1.807) is 42.3 Å². The Kier molecular flexibility index (Phi) is 6.99. The molecule has 3 N–H and O–H groups in total. The third kappa shape index (κ3) is 5.21. The van der Waals surface area contributed by atoms with Crippen LogP contribution in [0, 0.1) is 0 Å². The Morgan fingerprint density at radius 1 is 1.27 bits per heavy atom. The molecule has 1 aromatic carbocycles. The summed E-state index contributed by atoms with van der Waals surface area (Å²) in [6.07, 6.45) is 0.345. The average molecular weight is 360 g/mol. The number of likely N-dealkylation sites (N-methyl/N-ethyl adjacent to an activating group) is 1. The molecule has 140 valence electrons. The Bertz CT molecular complexity index is 677. The summed E-state index contributed by atoms with van der Waals surface area (Å²) in [4.78, 5) is 51.7. The number of carbonyl (C=O) groups excluding carboxylic acids is 4. The molecule has 1 unspecified atom stereocenters. The highest BCUT2D eigenvalue weighted by atomic mass is 16.2. The summed E-state index contributed by atoms with van der Waals surface area (Å²) in [5, 5.41) is 2.65. The Morgan fingerprint density at radius 3 is 2.62 bits per heavy atom. The van der Waals surface area contributed by atoms with E-state index in [2.05, 4.69) is 5.32 Å². The molecular weight excluding hydrogens is 336 g/mol. The Labute approximate surface area is 152 Å². The molecule has 8 nitrogen and oxygen atoms in total. The number of imide groups is 1. The molecule has 0 aliphatic carbocycles. The topological polar surface area (TPSA) is 113 Å². The van der Waals surface area contributed by atoms with Gasteiger partial charge in [-0.15, -0.1) is 0 Å². The Morgan fingerprint density at radius 2 is 1.96 bits per heavy atom. The van der Waals surface area contributed by atoms with E-state index in [1.165, 1.54) is 0 Å². The summed E-state index contributed by atoms with van der Waals surface area (Å²) in [6.45, 7) is 0.775. The second-order valence-electron chi connectivity index (χ2n) is 6.29. The van der Waals surface area contributed by atoms with Crippen LogP contribution in [0.25, 0.3) is 0 Å². The van der Waals surface area contributed by atoms with Gasteiger partial charge in [0.15, 0.2) is 5.78 Å². The maximum atomic E-state index is 12.6. The van der Waals surface area contributed by atoms with Crippen LogP contribution < -0.4 is 11.1 Å². The zero-order valence-corrected chi connectivity index (χ0v) is 14.8. The minimum absolute atomic E-state index is 0.109. The van der Waals surface area contributed by atoms with Gasteiger partial charge in [-0.3, -0.25) is 29.0 Å². The van der Waals surface area contributed by atoms with Crippen molar-refractivity contribution in [3.8, 4) is 0 Å². The first-order valence-corrected chi connectivity index (χ1v) is 8.52. The van der Waals surface area contributed by atoms with Crippen molar-refractivity contribution in [2.45, 2.75) is 18.9 Å². The highest BCUT2D eigenvalue weighted by Gasteiger charge is 2.36. The smallest absolute Gasteiger partial charge is 0.252 e. The fourth-order valence-corrected chi connectivity index (χ4v) is 2.78. The first-order chi connectivity index (χ1) is 12.4. The number of hydrogen-bond donors (Lipinski definition) is 2. The number of nitrogens with one attached hydrogen (secondary N) is 1. The number of hydrogen-bond acceptors (Lipinski definition) is 6. The number of piperidine rings is 1. The van der Waals surface area contributed by atoms with E-state index in [9.17, 15) is 19.2 Å². The molecule has 3 amide bonds. The lowest BCUT2D eigenvalue weighted by molar-refractivity contribution is -0.150.